The summed E-state index contributed by atoms with van der Waals surface area (Å²) in [4.78, 5) is 15.7. The van der Waals surface area contributed by atoms with E-state index in [1.807, 2.05) is 0 Å². The molecule has 5 fully saturated rings. The van der Waals surface area contributed by atoms with Crippen molar-refractivity contribution in [1.29, 1.82) is 0 Å². The summed E-state index contributed by atoms with van der Waals surface area (Å²) in [5, 5.41) is 10.1. The van der Waals surface area contributed by atoms with E-state index in [1.54, 1.807) is 0 Å². The van der Waals surface area contributed by atoms with Crippen molar-refractivity contribution in [2.45, 2.75) is 108 Å². The van der Waals surface area contributed by atoms with E-state index in [0.29, 0.717) is 43.1 Å². The molecule has 2 heterocycles. The molecule has 170 valence electrons. The van der Waals surface area contributed by atoms with Crippen molar-refractivity contribution >= 4 is 5.91 Å². The molecule has 2 saturated heterocycles. The number of rotatable bonds is 1. The van der Waals surface area contributed by atoms with E-state index in [1.165, 1.54) is 12.8 Å². The third-order valence-electron chi connectivity index (χ3n) is 10.2. The van der Waals surface area contributed by atoms with Gasteiger partial charge in [0.25, 0.3) is 5.91 Å². The van der Waals surface area contributed by atoms with Gasteiger partial charge in [0.15, 0.2) is 0 Å². The van der Waals surface area contributed by atoms with Gasteiger partial charge >= 0.3 is 0 Å². The number of nitrogens with zero attached hydrogens (tertiary/aromatic N) is 1. The quantitative estimate of drug-likeness (QED) is 0.679. The lowest BCUT2D eigenvalue weighted by atomic mass is 9.45. The van der Waals surface area contributed by atoms with Gasteiger partial charge in [0.05, 0.1) is 6.10 Å². The first kappa shape index (κ1) is 21.2. The van der Waals surface area contributed by atoms with E-state index in [-0.39, 0.29) is 23.0 Å². The van der Waals surface area contributed by atoms with E-state index in [4.69, 9.17) is 4.74 Å². The van der Waals surface area contributed by atoms with E-state index in [2.05, 4.69) is 18.7 Å². The molecule has 0 aromatic rings. The molecular weight excluding hydrogens is 381 g/mol. The van der Waals surface area contributed by atoms with Crippen molar-refractivity contribution in [2.24, 2.45) is 29.1 Å². The maximum atomic E-state index is 14.6. The van der Waals surface area contributed by atoms with Crippen LogP contribution in [-0.2, 0) is 9.53 Å². The number of fused-ring (bicyclic) bond motifs is 5. The SMILES string of the molecule is CC12CC(F)C(O)CC1CCC1C2CCC2(C)C1CCCN2C(=O)C1CCCCO1. The number of aliphatic hydroxyl groups excluding tert-OH is 1. The van der Waals surface area contributed by atoms with Gasteiger partial charge in [-0.05, 0) is 107 Å². The summed E-state index contributed by atoms with van der Waals surface area (Å²) in [6.07, 6.45) is 8.73. The van der Waals surface area contributed by atoms with Crippen molar-refractivity contribution in [3.05, 3.63) is 0 Å². The number of carbonyl (C=O) groups excluding carboxylic acids is 1. The fraction of sp³-hybridized carbons (Fsp3) is 0.960. The highest BCUT2D eigenvalue weighted by Crippen LogP contribution is 2.63. The lowest BCUT2D eigenvalue weighted by Crippen LogP contribution is -2.66. The van der Waals surface area contributed by atoms with E-state index >= 15 is 0 Å². The molecule has 4 nitrogen and oxygen atoms in total. The minimum absolute atomic E-state index is 0.00165. The van der Waals surface area contributed by atoms with Gasteiger partial charge < -0.3 is 14.7 Å². The molecule has 5 heteroatoms. The average Bonchev–Trinajstić information content (AvgIpc) is 2.74. The molecule has 0 radical (unpaired) electrons. The van der Waals surface area contributed by atoms with Gasteiger partial charge in [-0.15, -0.1) is 0 Å². The van der Waals surface area contributed by atoms with Gasteiger partial charge in [0, 0.05) is 18.7 Å². The van der Waals surface area contributed by atoms with Gasteiger partial charge in [-0.1, -0.05) is 6.92 Å². The minimum Gasteiger partial charge on any atom is -0.390 e. The predicted molar refractivity (Wildman–Crippen MR) is 114 cm³/mol. The first-order chi connectivity index (χ1) is 14.3. The third kappa shape index (κ3) is 3.17. The van der Waals surface area contributed by atoms with Gasteiger partial charge in [0.1, 0.15) is 12.3 Å². The Hall–Kier alpha value is -0.680. The highest BCUT2D eigenvalue weighted by atomic mass is 19.1. The Balaban J connectivity index is 1.39. The molecule has 5 aliphatic rings. The zero-order valence-corrected chi connectivity index (χ0v) is 18.8. The van der Waals surface area contributed by atoms with Crippen LogP contribution in [0, 0.1) is 29.1 Å². The normalized spacial score (nSPS) is 51.5. The summed E-state index contributed by atoms with van der Waals surface area (Å²) in [5.74, 6) is 2.29. The summed E-state index contributed by atoms with van der Waals surface area (Å²) in [6.45, 7) is 6.23. The Morgan fingerprint density at radius 2 is 1.90 bits per heavy atom. The Bertz CT molecular complexity index is 667. The molecule has 0 spiro atoms. The maximum Gasteiger partial charge on any atom is 0.252 e. The molecule has 0 bridgehead atoms. The van der Waals surface area contributed by atoms with Crippen molar-refractivity contribution in [2.75, 3.05) is 13.2 Å². The predicted octanol–water partition coefficient (Wildman–Crippen LogP) is 4.49. The van der Waals surface area contributed by atoms with E-state index in [0.717, 1.165) is 51.5 Å². The van der Waals surface area contributed by atoms with Crippen LogP contribution in [0.3, 0.4) is 0 Å². The second-order valence-electron chi connectivity index (χ2n) is 11.6. The fourth-order valence-electron chi connectivity index (χ4n) is 8.59. The van der Waals surface area contributed by atoms with Crippen LogP contribution in [0.5, 0.6) is 0 Å². The van der Waals surface area contributed by atoms with Crippen LogP contribution in [0.15, 0.2) is 0 Å². The molecule has 9 atom stereocenters. The molecular formula is C25H40FNO3. The number of hydrogen-bond acceptors (Lipinski definition) is 3. The van der Waals surface area contributed by atoms with Gasteiger partial charge in [0.2, 0.25) is 0 Å². The molecule has 3 aliphatic carbocycles. The minimum atomic E-state index is -1.08. The zero-order valence-electron chi connectivity index (χ0n) is 18.8. The molecule has 1 amide bonds. The van der Waals surface area contributed by atoms with Crippen LogP contribution in [0.2, 0.25) is 0 Å². The lowest BCUT2D eigenvalue weighted by Gasteiger charge is -2.64. The topological polar surface area (TPSA) is 49.8 Å². The highest BCUT2D eigenvalue weighted by Gasteiger charge is 2.60. The Kier molecular flexibility index (Phi) is 5.45. The lowest BCUT2D eigenvalue weighted by molar-refractivity contribution is -0.180. The summed E-state index contributed by atoms with van der Waals surface area (Å²) in [5.41, 5.74) is -0.0779. The summed E-state index contributed by atoms with van der Waals surface area (Å²) < 4.78 is 20.5. The maximum absolute atomic E-state index is 14.6. The molecule has 3 saturated carbocycles. The summed E-state index contributed by atoms with van der Waals surface area (Å²) in [7, 11) is 0. The Morgan fingerprint density at radius 3 is 2.67 bits per heavy atom. The van der Waals surface area contributed by atoms with Gasteiger partial charge in [-0.25, -0.2) is 4.39 Å². The van der Waals surface area contributed by atoms with Crippen LogP contribution in [0.25, 0.3) is 0 Å². The number of halogens is 1. The zero-order chi connectivity index (χ0) is 21.1. The molecule has 5 rings (SSSR count). The second kappa shape index (κ2) is 7.72. The monoisotopic (exact) mass is 421 g/mol. The Labute approximate surface area is 180 Å². The number of aliphatic hydroxyl groups is 1. The third-order valence-corrected chi connectivity index (χ3v) is 10.2. The van der Waals surface area contributed by atoms with Crippen molar-refractivity contribution in [3.8, 4) is 0 Å². The highest BCUT2D eigenvalue weighted by molar-refractivity contribution is 5.82. The molecule has 2 aliphatic heterocycles. The molecule has 1 N–H and O–H groups in total. The fourth-order valence-corrected chi connectivity index (χ4v) is 8.59. The van der Waals surface area contributed by atoms with Crippen LogP contribution < -0.4 is 0 Å². The summed E-state index contributed by atoms with van der Waals surface area (Å²) >= 11 is 0. The molecule has 9 unspecified atom stereocenters. The number of hydrogen-bond donors (Lipinski definition) is 1. The van der Waals surface area contributed by atoms with Crippen LogP contribution in [0.1, 0.15) is 84.5 Å². The van der Waals surface area contributed by atoms with Crippen molar-refractivity contribution in [3.63, 3.8) is 0 Å². The van der Waals surface area contributed by atoms with Gasteiger partial charge in [-0.3, -0.25) is 4.79 Å². The number of alkyl halides is 1. The molecule has 0 aromatic heterocycles. The standard InChI is InChI=1S/C25H40FNO3/c1-24-15-20(26)21(28)14-16(24)8-9-17-18(24)10-11-25(2)19(17)6-5-12-27(25)23(29)22-7-3-4-13-30-22/h16-22,28H,3-15H2,1-2H3. The van der Waals surface area contributed by atoms with Crippen LogP contribution in [0.4, 0.5) is 4.39 Å². The largest absolute Gasteiger partial charge is 0.390 e. The smallest absolute Gasteiger partial charge is 0.252 e. The van der Waals surface area contributed by atoms with Gasteiger partial charge in [-0.2, -0.15) is 0 Å². The van der Waals surface area contributed by atoms with Crippen LogP contribution >= 0.6 is 0 Å². The van der Waals surface area contributed by atoms with E-state index in [9.17, 15) is 14.3 Å². The van der Waals surface area contributed by atoms with Crippen LogP contribution in [-0.4, -0.2) is 53.0 Å². The summed E-state index contributed by atoms with van der Waals surface area (Å²) in [6, 6.07) is 0. The second-order valence-corrected chi connectivity index (χ2v) is 11.6. The first-order valence-electron chi connectivity index (χ1n) is 12.6. The number of ether oxygens (including phenoxy) is 1. The van der Waals surface area contributed by atoms with E-state index < -0.39 is 12.3 Å². The number of piperidine rings is 1. The number of amides is 1. The first-order valence-corrected chi connectivity index (χ1v) is 12.6. The number of likely N-dealkylation sites (tertiary alicyclic amines) is 1. The van der Waals surface area contributed by atoms with Crippen molar-refractivity contribution < 1.29 is 19.0 Å². The molecule has 0 aromatic carbocycles. The average molecular weight is 422 g/mol. The van der Waals surface area contributed by atoms with Crippen molar-refractivity contribution in [1.82, 2.24) is 4.90 Å². The number of carbonyl (C=O) groups is 1. The Morgan fingerprint density at radius 1 is 1.07 bits per heavy atom. The molecule has 30 heavy (non-hydrogen) atoms.